The molecule has 2 rings (SSSR count). The molecule has 4 heteroatoms. The molecule has 0 radical (unpaired) electrons. The third-order valence-electron chi connectivity index (χ3n) is 4.11. The lowest BCUT2D eigenvalue weighted by molar-refractivity contribution is 0.222. The summed E-state index contributed by atoms with van der Waals surface area (Å²) in [7, 11) is 4.39. The van der Waals surface area contributed by atoms with E-state index < -0.39 is 0 Å². The molecule has 2 heterocycles. The van der Waals surface area contributed by atoms with E-state index in [1.165, 1.54) is 31.6 Å². The van der Waals surface area contributed by atoms with E-state index in [0.29, 0.717) is 0 Å². The molecule has 0 unspecified atom stereocenters. The van der Waals surface area contributed by atoms with E-state index in [0.717, 1.165) is 31.1 Å². The molecule has 0 amide bonds. The number of hydrogen-bond acceptors (Lipinski definition) is 4. The lowest BCUT2D eigenvalue weighted by Gasteiger charge is -2.32. The van der Waals surface area contributed by atoms with E-state index in [1.807, 2.05) is 12.4 Å². The summed E-state index contributed by atoms with van der Waals surface area (Å²) < 4.78 is 0. The van der Waals surface area contributed by atoms with Crippen molar-refractivity contribution in [3.63, 3.8) is 0 Å². The molecule has 1 N–H and O–H groups in total. The van der Waals surface area contributed by atoms with Gasteiger partial charge in [-0.05, 0) is 51.4 Å². The minimum atomic E-state index is 0.809. The second-order valence-corrected chi connectivity index (χ2v) is 5.99. The maximum Gasteiger partial charge on any atom is 0.0570 e. The smallest absolute Gasteiger partial charge is 0.0570 e. The molecule has 1 aliphatic heterocycles. The van der Waals surface area contributed by atoms with Crippen LogP contribution in [0.1, 0.15) is 26.2 Å². The molecule has 1 aliphatic rings. The fourth-order valence-corrected chi connectivity index (χ4v) is 2.74. The summed E-state index contributed by atoms with van der Waals surface area (Å²) in [6.07, 6.45) is 7.62. The minimum Gasteiger partial charge on any atom is -0.384 e. The summed E-state index contributed by atoms with van der Waals surface area (Å²) >= 11 is 0. The first-order chi connectivity index (χ1) is 9.69. The molecule has 0 bridgehead atoms. The van der Waals surface area contributed by atoms with E-state index in [2.05, 4.69) is 47.2 Å². The summed E-state index contributed by atoms with van der Waals surface area (Å²) in [5, 5.41) is 3.40. The summed E-state index contributed by atoms with van der Waals surface area (Å²) in [5.41, 5.74) is 2.34. The minimum absolute atomic E-state index is 0.809. The fraction of sp³-hybridized carbons (Fsp3) is 0.688. The molecule has 1 aromatic rings. The Bertz CT molecular complexity index is 399. The van der Waals surface area contributed by atoms with Crippen molar-refractivity contribution in [2.24, 2.45) is 5.92 Å². The fourth-order valence-electron chi connectivity index (χ4n) is 2.74. The number of anilines is 2. The quantitative estimate of drug-likeness (QED) is 0.865. The summed E-state index contributed by atoms with van der Waals surface area (Å²) in [5.74, 6) is 0.809. The van der Waals surface area contributed by atoms with Gasteiger partial charge in [0.05, 0.1) is 23.8 Å². The third kappa shape index (κ3) is 4.37. The van der Waals surface area contributed by atoms with E-state index in [-0.39, 0.29) is 0 Å². The van der Waals surface area contributed by atoms with Gasteiger partial charge in [0.15, 0.2) is 0 Å². The molecule has 1 saturated heterocycles. The summed E-state index contributed by atoms with van der Waals surface area (Å²) in [6, 6.07) is 2.21. The maximum atomic E-state index is 4.35. The number of aromatic nitrogens is 1. The summed E-state index contributed by atoms with van der Waals surface area (Å²) in [4.78, 5) is 9.12. The predicted molar refractivity (Wildman–Crippen MR) is 86.5 cm³/mol. The SMILES string of the molecule is CCCNc1cncc(N(C)CC2CCN(C)CC2)c1. The van der Waals surface area contributed by atoms with Crippen molar-refractivity contribution in [3.05, 3.63) is 18.5 Å². The number of likely N-dealkylation sites (tertiary alicyclic amines) is 1. The average molecular weight is 276 g/mol. The number of nitrogens with zero attached hydrogens (tertiary/aromatic N) is 3. The highest BCUT2D eigenvalue weighted by Crippen LogP contribution is 2.22. The molecule has 0 spiro atoms. The van der Waals surface area contributed by atoms with Crippen LogP contribution >= 0.6 is 0 Å². The maximum absolute atomic E-state index is 4.35. The lowest BCUT2D eigenvalue weighted by atomic mass is 9.96. The molecule has 0 saturated carbocycles. The molecular weight excluding hydrogens is 248 g/mol. The molecule has 0 aliphatic carbocycles. The first-order valence-electron chi connectivity index (χ1n) is 7.77. The Balaban J connectivity index is 1.89. The van der Waals surface area contributed by atoms with Gasteiger partial charge in [-0.3, -0.25) is 4.98 Å². The molecule has 1 fully saturated rings. The third-order valence-corrected chi connectivity index (χ3v) is 4.11. The Hall–Kier alpha value is -1.29. The zero-order valence-electron chi connectivity index (χ0n) is 13.1. The number of rotatable bonds is 6. The van der Waals surface area contributed by atoms with Crippen LogP contribution in [-0.4, -0.2) is 50.2 Å². The molecule has 20 heavy (non-hydrogen) atoms. The number of pyridine rings is 1. The van der Waals surface area contributed by atoms with Crippen molar-refractivity contribution < 1.29 is 0 Å². The van der Waals surface area contributed by atoms with Crippen LogP contribution in [0.4, 0.5) is 11.4 Å². The Morgan fingerprint density at radius 2 is 2.10 bits per heavy atom. The van der Waals surface area contributed by atoms with Crippen LogP contribution in [0.15, 0.2) is 18.5 Å². The van der Waals surface area contributed by atoms with E-state index in [9.17, 15) is 0 Å². The van der Waals surface area contributed by atoms with Gasteiger partial charge in [0, 0.05) is 20.1 Å². The average Bonchev–Trinajstić information content (AvgIpc) is 2.48. The monoisotopic (exact) mass is 276 g/mol. The van der Waals surface area contributed by atoms with Crippen LogP contribution < -0.4 is 10.2 Å². The molecular formula is C16H28N4. The topological polar surface area (TPSA) is 31.4 Å². The molecule has 0 aromatic carbocycles. The Morgan fingerprint density at radius 1 is 1.35 bits per heavy atom. The van der Waals surface area contributed by atoms with Crippen LogP contribution in [0.5, 0.6) is 0 Å². The van der Waals surface area contributed by atoms with E-state index in [4.69, 9.17) is 0 Å². The van der Waals surface area contributed by atoms with Crippen LogP contribution in [0.25, 0.3) is 0 Å². The molecule has 4 nitrogen and oxygen atoms in total. The molecule has 112 valence electrons. The number of hydrogen-bond donors (Lipinski definition) is 1. The van der Waals surface area contributed by atoms with Crippen LogP contribution in [0.2, 0.25) is 0 Å². The van der Waals surface area contributed by atoms with Crippen molar-refractivity contribution in [2.45, 2.75) is 26.2 Å². The zero-order chi connectivity index (χ0) is 14.4. The standard InChI is InChI=1S/C16H28N4/c1-4-7-18-15-10-16(12-17-11-15)20(3)13-14-5-8-19(2)9-6-14/h10-12,14,18H,4-9,13H2,1-3H3. The molecule has 0 atom stereocenters. The lowest BCUT2D eigenvalue weighted by Crippen LogP contribution is -2.35. The van der Waals surface area contributed by atoms with Gasteiger partial charge in [0.25, 0.3) is 0 Å². The Kier molecular flexibility index (Phi) is 5.65. The van der Waals surface area contributed by atoms with E-state index >= 15 is 0 Å². The highest BCUT2D eigenvalue weighted by Gasteiger charge is 2.18. The Morgan fingerprint density at radius 3 is 2.80 bits per heavy atom. The van der Waals surface area contributed by atoms with Crippen molar-refractivity contribution >= 4 is 11.4 Å². The van der Waals surface area contributed by atoms with Gasteiger partial charge in [-0.25, -0.2) is 0 Å². The Labute approximate surface area is 123 Å². The van der Waals surface area contributed by atoms with Crippen LogP contribution in [0, 0.1) is 5.92 Å². The van der Waals surface area contributed by atoms with Gasteiger partial charge in [-0.15, -0.1) is 0 Å². The highest BCUT2D eigenvalue weighted by molar-refractivity contribution is 5.55. The largest absolute Gasteiger partial charge is 0.384 e. The number of nitrogens with one attached hydrogen (secondary N) is 1. The highest BCUT2D eigenvalue weighted by atomic mass is 15.1. The second kappa shape index (κ2) is 7.48. The zero-order valence-corrected chi connectivity index (χ0v) is 13.1. The van der Waals surface area contributed by atoms with Crippen molar-refractivity contribution in [1.29, 1.82) is 0 Å². The van der Waals surface area contributed by atoms with Gasteiger partial charge in [0.2, 0.25) is 0 Å². The normalized spacial score (nSPS) is 17.1. The van der Waals surface area contributed by atoms with Gasteiger partial charge in [0.1, 0.15) is 0 Å². The first-order valence-corrected chi connectivity index (χ1v) is 7.77. The summed E-state index contributed by atoms with van der Waals surface area (Å²) in [6.45, 7) is 6.77. The van der Waals surface area contributed by atoms with Crippen molar-refractivity contribution in [2.75, 3.05) is 50.5 Å². The van der Waals surface area contributed by atoms with Crippen LogP contribution in [0.3, 0.4) is 0 Å². The predicted octanol–water partition coefficient (Wildman–Crippen LogP) is 2.68. The van der Waals surface area contributed by atoms with Gasteiger partial charge >= 0.3 is 0 Å². The van der Waals surface area contributed by atoms with E-state index in [1.54, 1.807) is 0 Å². The second-order valence-electron chi connectivity index (χ2n) is 5.99. The van der Waals surface area contributed by atoms with Gasteiger partial charge < -0.3 is 15.1 Å². The first kappa shape index (κ1) is 15.1. The number of piperidine rings is 1. The molecule has 1 aromatic heterocycles. The van der Waals surface area contributed by atoms with Gasteiger partial charge in [-0.1, -0.05) is 6.92 Å². The van der Waals surface area contributed by atoms with Gasteiger partial charge in [-0.2, -0.15) is 0 Å². The van der Waals surface area contributed by atoms with Crippen LogP contribution in [-0.2, 0) is 0 Å². The van der Waals surface area contributed by atoms with Crippen molar-refractivity contribution in [3.8, 4) is 0 Å². The van der Waals surface area contributed by atoms with Crippen molar-refractivity contribution in [1.82, 2.24) is 9.88 Å².